The van der Waals surface area contributed by atoms with Crippen LogP contribution in [-0.4, -0.2) is 15.0 Å². The molecule has 0 fully saturated rings. The minimum atomic E-state index is -0.0620. The molecule has 0 unspecified atom stereocenters. The van der Waals surface area contributed by atoms with Gasteiger partial charge in [-0.15, -0.1) is 0 Å². The summed E-state index contributed by atoms with van der Waals surface area (Å²) in [5, 5.41) is 6.96. The molecule has 0 N–H and O–H groups in total. The molecule has 1 aliphatic carbocycles. The molecular formula is C44H29N3O. The molecule has 7 aromatic carbocycles. The van der Waals surface area contributed by atoms with Gasteiger partial charge in [0.1, 0.15) is 11.2 Å². The van der Waals surface area contributed by atoms with E-state index in [9.17, 15) is 0 Å². The third-order valence-electron chi connectivity index (χ3n) is 10.1. The number of nitrogens with zero attached hydrogens (tertiary/aromatic N) is 3. The first-order chi connectivity index (χ1) is 23.5. The maximum atomic E-state index is 6.24. The van der Waals surface area contributed by atoms with Crippen molar-refractivity contribution in [3.63, 3.8) is 0 Å². The quantitative estimate of drug-likeness (QED) is 0.186. The van der Waals surface area contributed by atoms with Crippen LogP contribution < -0.4 is 0 Å². The molecule has 0 bridgehead atoms. The SMILES string of the molecule is CC1(C)c2ccccc2-c2cc(-c3nc(-c4ccccc4)nc(-c4ccc5c(ccc6ccc7oc8ccccc8c7c65)c4)n3)ccc21. The molecule has 9 aromatic rings. The minimum Gasteiger partial charge on any atom is -0.456 e. The van der Waals surface area contributed by atoms with Crippen LogP contribution in [0.3, 0.4) is 0 Å². The second kappa shape index (κ2) is 9.93. The monoisotopic (exact) mass is 615 g/mol. The van der Waals surface area contributed by atoms with Crippen molar-refractivity contribution in [3.05, 3.63) is 151 Å². The number of para-hydroxylation sites is 1. The van der Waals surface area contributed by atoms with Crippen LogP contribution in [0, 0.1) is 0 Å². The van der Waals surface area contributed by atoms with Gasteiger partial charge in [-0.05, 0) is 62.7 Å². The Labute approximate surface area is 277 Å². The van der Waals surface area contributed by atoms with Gasteiger partial charge in [-0.25, -0.2) is 15.0 Å². The fourth-order valence-corrected chi connectivity index (χ4v) is 7.72. The lowest BCUT2D eigenvalue weighted by Crippen LogP contribution is -2.14. The molecular weight excluding hydrogens is 587 g/mol. The molecule has 10 rings (SSSR count). The van der Waals surface area contributed by atoms with E-state index in [1.807, 2.05) is 30.3 Å². The summed E-state index contributed by atoms with van der Waals surface area (Å²) in [4.78, 5) is 15.2. The summed E-state index contributed by atoms with van der Waals surface area (Å²) in [7, 11) is 0. The predicted molar refractivity (Wildman–Crippen MR) is 196 cm³/mol. The number of benzene rings is 7. The van der Waals surface area contributed by atoms with Crippen LogP contribution in [-0.2, 0) is 5.41 Å². The molecule has 0 saturated carbocycles. The van der Waals surface area contributed by atoms with Gasteiger partial charge in [0.15, 0.2) is 17.5 Å². The van der Waals surface area contributed by atoms with Crippen molar-refractivity contribution in [1.82, 2.24) is 15.0 Å². The van der Waals surface area contributed by atoms with Crippen molar-refractivity contribution in [1.29, 1.82) is 0 Å². The zero-order valence-electron chi connectivity index (χ0n) is 26.5. The third kappa shape index (κ3) is 3.93. The van der Waals surface area contributed by atoms with Crippen molar-refractivity contribution in [2.24, 2.45) is 0 Å². The number of furan rings is 1. The average Bonchev–Trinajstić information content (AvgIpc) is 3.63. The summed E-state index contributed by atoms with van der Waals surface area (Å²) in [5.41, 5.74) is 9.81. The molecule has 0 atom stereocenters. The zero-order valence-corrected chi connectivity index (χ0v) is 26.5. The van der Waals surface area contributed by atoms with Crippen LogP contribution >= 0.6 is 0 Å². The molecule has 0 amide bonds. The van der Waals surface area contributed by atoms with Gasteiger partial charge in [0.05, 0.1) is 0 Å². The Morgan fingerprint density at radius 1 is 0.438 bits per heavy atom. The van der Waals surface area contributed by atoms with Gasteiger partial charge in [-0.1, -0.05) is 129 Å². The zero-order chi connectivity index (χ0) is 32.0. The highest BCUT2D eigenvalue weighted by atomic mass is 16.3. The summed E-state index contributed by atoms with van der Waals surface area (Å²) >= 11 is 0. The van der Waals surface area contributed by atoms with Crippen LogP contribution in [0.2, 0.25) is 0 Å². The summed E-state index contributed by atoms with van der Waals surface area (Å²) in [6.07, 6.45) is 0. The Balaban J connectivity index is 1.17. The molecule has 0 aliphatic heterocycles. The average molecular weight is 616 g/mol. The van der Waals surface area contributed by atoms with Gasteiger partial charge >= 0.3 is 0 Å². The van der Waals surface area contributed by atoms with Gasteiger partial charge in [0.25, 0.3) is 0 Å². The van der Waals surface area contributed by atoms with E-state index in [1.54, 1.807) is 0 Å². The Bertz CT molecular complexity index is 2760. The van der Waals surface area contributed by atoms with Crippen LogP contribution in [0.1, 0.15) is 25.0 Å². The Kier molecular flexibility index (Phi) is 5.59. The summed E-state index contributed by atoms with van der Waals surface area (Å²) in [6.45, 7) is 4.60. The van der Waals surface area contributed by atoms with Crippen LogP contribution in [0.4, 0.5) is 0 Å². The van der Waals surface area contributed by atoms with Gasteiger partial charge in [-0.2, -0.15) is 0 Å². The highest BCUT2D eigenvalue weighted by Crippen LogP contribution is 2.49. The molecule has 4 nitrogen and oxygen atoms in total. The van der Waals surface area contributed by atoms with Crippen LogP contribution in [0.25, 0.3) is 88.8 Å². The van der Waals surface area contributed by atoms with Crippen molar-refractivity contribution >= 4 is 43.5 Å². The lowest BCUT2D eigenvalue weighted by atomic mass is 9.82. The first-order valence-electron chi connectivity index (χ1n) is 16.4. The summed E-state index contributed by atoms with van der Waals surface area (Å²) in [6, 6.07) is 49.0. The van der Waals surface area contributed by atoms with Crippen molar-refractivity contribution in [3.8, 4) is 45.3 Å². The Morgan fingerprint density at radius 2 is 1.08 bits per heavy atom. The number of hydrogen-bond acceptors (Lipinski definition) is 4. The third-order valence-corrected chi connectivity index (χ3v) is 10.1. The molecule has 2 heterocycles. The van der Waals surface area contributed by atoms with E-state index in [-0.39, 0.29) is 5.41 Å². The molecule has 4 heteroatoms. The fourth-order valence-electron chi connectivity index (χ4n) is 7.72. The lowest BCUT2D eigenvalue weighted by molar-refractivity contribution is 0.660. The predicted octanol–water partition coefficient (Wildman–Crippen LogP) is 11.4. The van der Waals surface area contributed by atoms with E-state index >= 15 is 0 Å². The first kappa shape index (κ1) is 27.0. The van der Waals surface area contributed by atoms with E-state index in [0.717, 1.165) is 44.0 Å². The maximum absolute atomic E-state index is 6.24. The number of fused-ring (bicyclic) bond motifs is 10. The largest absolute Gasteiger partial charge is 0.456 e. The second-order valence-electron chi connectivity index (χ2n) is 13.2. The fraction of sp³-hybridized carbons (Fsp3) is 0.0682. The van der Waals surface area contributed by atoms with Crippen molar-refractivity contribution in [2.75, 3.05) is 0 Å². The maximum Gasteiger partial charge on any atom is 0.164 e. The standard InChI is InChI=1S/C44H29N3O/c1-44(2)35-14-8-6-12-32(35)34-25-30(19-22-36(34)44)43-46-41(27-10-4-3-5-11-27)45-42(47-43)29-18-21-31-28(24-29)17-16-26-20-23-38-40(39(26)31)33-13-7-9-15-37(33)48-38/h3-25H,1-2H3. The Morgan fingerprint density at radius 3 is 1.94 bits per heavy atom. The molecule has 2 aromatic heterocycles. The van der Waals surface area contributed by atoms with Crippen LogP contribution in [0.15, 0.2) is 144 Å². The summed E-state index contributed by atoms with van der Waals surface area (Å²) in [5.74, 6) is 1.96. The highest BCUT2D eigenvalue weighted by molar-refractivity contribution is 6.26. The number of rotatable bonds is 3. The van der Waals surface area contributed by atoms with E-state index < -0.39 is 0 Å². The normalized spacial score (nSPS) is 13.4. The molecule has 226 valence electrons. The molecule has 0 spiro atoms. The van der Waals surface area contributed by atoms with Crippen molar-refractivity contribution in [2.45, 2.75) is 19.3 Å². The van der Waals surface area contributed by atoms with E-state index in [0.29, 0.717) is 17.5 Å². The molecule has 48 heavy (non-hydrogen) atoms. The van der Waals surface area contributed by atoms with Gasteiger partial charge < -0.3 is 4.42 Å². The first-order valence-corrected chi connectivity index (χ1v) is 16.4. The number of aromatic nitrogens is 3. The van der Waals surface area contributed by atoms with Crippen molar-refractivity contribution < 1.29 is 4.42 Å². The Hall–Kier alpha value is -6.13. The molecule has 1 aliphatic rings. The van der Waals surface area contributed by atoms with E-state index in [1.165, 1.54) is 38.4 Å². The lowest BCUT2D eigenvalue weighted by Gasteiger charge is -2.21. The second-order valence-corrected chi connectivity index (χ2v) is 13.2. The van der Waals surface area contributed by atoms with Crippen LogP contribution in [0.5, 0.6) is 0 Å². The highest BCUT2D eigenvalue weighted by Gasteiger charge is 2.35. The van der Waals surface area contributed by atoms with Gasteiger partial charge in [0.2, 0.25) is 0 Å². The molecule has 0 saturated heterocycles. The molecule has 0 radical (unpaired) electrons. The minimum absolute atomic E-state index is 0.0620. The van der Waals surface area contributed by atoms with Gasteiger partial charge in [-0.3, -0.25) is 0 Å². The summed E-state index contributed by atoms with van der Waals surface area (Å²) < 4.78 is 6.24. The number of hydrogen-bond donors (Lipinski definition) is 0. The van der Waals surface area contributed by atoms with E-state index in [4.69, 9.17) is 19.4 Å². The van der Waals surface area contributed by atoms with Gasteiger partial charge in [0, 0.05) is 38.3 Å². The topological polar surface area (TPSA) is 51.8 Å². The smallest absolute Gasteiger partial charge is 0.164 e. The van der Waals surface area contributed by atoms with E-state index in [2.05, 4.69) is 123 Å².